The number of nitrogens with one attached hydrogen (secondary N) is 1. The highest BCUT2D eigenvalue weighted by molar-refractivity contribution is 7.81. The molecule has 6 heteroatoms. The summed E-state index contributed by atoms with van der Waals surface area (Å²) >= 11 is -2.14. The molecule has 0 saturated carbocycles. The van der Waals surface area contributed by atoms with Crippen LogP contribution in [0.2, 0.25) is 0 Å². The van der Waals surface area contributed by atoms with Gasteiger partial charge >= 0.3 is 0 Å². The van der Waals surface area contributed by atoms with E-state index in [0.717, 1.165) is 0 Å². The predicted octanol–water partition coefficient (Wildman–Crippen LogP) is -0.0806. The number of rotatable bonds is 2. The van der Waals surface area contributed by atoms with Crippen LogP contribution in [0.3, 0.4) is 0 Å². The van der Waals surface area contributed by atoms with Crippen molar-refractivity contribution < 1.29 is 13.3 Å². The van der Waals surface area contributed by atoms with Gasteiger partial charge in [0, 0.05) is 0 Å². The average Bonchev–Trinajstić information content (AvgIpc) is 1.35. The van der Waals surface area contributed by atoms with Crippen molar-refractivity contribution in [1.82, 2.24) is 4.49 Å². The van der Waals surface area contributed by atoms with Crippen molar-refractivity contribution in [2.45, 2.75) is 0 Å². The van der Waals surface area contributed by atoms with Crippen LogP contribution in [0.4, 0.5) is 0 Å². The molecule has 0 heterocycles. The van der Waals surface area contributed by atoms with E-state index >= 15 is 0 Å². The Balaban J connectivity index is 3.05. The van der Waals surface area contributed by atoms with Crippen LogP contribution >= 0.6 is 8.61 Å². The van der Waals surface area contributed by atoms with Gasteiger partial charge in [0.2, 0.25) is 11.3 Å². The van der Waals surface area contributed by atoms with Gasteiger partial charge in [0.05, 0.1) is 0 Å². The summed E-state index contributed by atoms with van der Waals surface area (Å²) in [6.07, 6.45) is 0. The van der Waals surface area contributed by atoms with Gasteiger partial charge in [-0.05, 0) is 0 Å². The third kappa shape index (κ3) is 4.17. The molecule has 0 aromatic heterocycles. The van der Waals surface area contributed by atoms with Crippen molar-refractivity contribution in [3.8, 4) is 0 Å². The molecule has 36 valence electrons. The quantitative estimate of drug-likeness (QED) is 0.402. The van der Waals surface area contributed by atoms with Gasteiger partial charge < -0.3 is 0 Å². The van der Waals surface area contributed by atoms with Gasteiger partial charge in [-0.25, -0.2) is 4.21 Å². The zero-order valence-electron chi connectivity index (χ0n) is 2.62. The van der Waals surface area contributed by atoms with Crippen LogP contribution in [0.15, 0.2) is 0 Å². The van der Waals surface area contributed by atoms with Gasteiger partial charge in [-0.3, -0.25) is 9.12 Å². The first-order valence-corrected chi connectivity index (χ1v) is 2.88. The first-order chi connectivity index (χ1) is 2.77. The molecule has 0 aromatic rings. The summed E-state index contributed by atoms with van der Waals surface area (Å²) in [6, 6.07) is 0. The van der Waals surface area contributed by atoms with E-state index in [1.807, 2.05) is 0 Å². The van der Waals surface area contributed by atoms with Crippen molar-refractivity contribution >= 4 is 19.9 Å². The first kappa shape index (κ1) is 6.17. The van der Waals surface area contributed by atoms with Crippen molar-refractivity contribution in [2.75, 3.05) is 0 Å². The average molecular weight is 127 g/mol. The zero-order chi connectivity index (χ0) is 4.99. The van der Waals surface area contributed by atoms with Gasteiger partial charge in [-0.2, -0.15) is 0 Å². The molecule has 0 rings (SSSR count). The summed E-state index contributed by atoms with van der Waals surface area (Å²) in [6.45, 7) is 0. The molecule has 0 spiro atoms. The summed E-state index contributed by atoms with van der Waals surface area (Å²) in [4.78, 5) is 0. The van der Waals surface area contributed by atoms with E-state index in [1.54, 1.807) is 4.49 Å². The maximum absolute atomic E-state index is 9.39. The molecule has 0 bridgehead atoms. The van der Waals surface area contributed by atoms with Crippen LogP contribution in [0, 0.1) is 0 Å². The summed E-state index contributed by atoms with van der Waals surface area (Å²) in [5, 5.41) is 0. The fraction of sp³-hybridized carbons (Fsp3) is 0. The molecular weight excluding hydrogens is 125 g/mol. The maximum atomic E-state index is 9.39. The standard InChI is InChI=1S/H2NO3PS/c2-5-1-6(3)4/h(H,1,2)(H,3,4). The fourth-order valence-corrected chi connectivity index (χ4v) is 0.287. The Labute approximate surface area is 38.6 Å². The van der Waals surface area contributed by atoms with E-state index in [1.165, 1.54) is 0 Å². The van der Waals surface area contributed by atoms with Gasteiger partial charge in [0.1, 0.15) is 0 Å². The minimum atomic E-state index is -2.14. The summed E-state index contributed by atoms with van der Waals surface area (Å²) in [5.41, 5.74) is 0. The Hall–Kier alpha value is 0.170. The molecule has 1 atom stereocenters. The third-order valence-corrected chi connectivity index (χ3v) is 1.04. The van der Waals surface area contributed by atoms with Gasteiger partial charge in [-0.1, -0.05) is 0 Å². The van der Waals surface area contributed by atoms with E-state index in [4.69, 9.17) is 4.55 Å². The van der Waals surface area contributed by atoms with Crippen molar-refractivity contribution in [1.29, 1.82) is 0 Å². The largest absolute Gasteiger partial charge is 0.293 e. The number of hydrogen-bond acceptors (Lipinski definition) is 2. The lowest BCUT2D eigenvalue weighted by Crippen LogP contribution is -2.00. The van der Waals surface area contributed by atoms with Crippen LogP contribution < -0.4 is 4.49 Å². The molecular formula is H2NO3PS. The first-order valence-electron chi connectivity index (χ1n) is 0.960. The molecule has 0 aliphatic heterocycles. The topological polar surface area (TPSA) is 66.4 Å². The molecule has 0 fully saturated rings. The molecule has 4 nitrogen and oxygen atoms in total. The van der Waals surface area contributed by atoms with E-state index < -0.39 is 19.9 Å². The minimum absolute atomic E-state index is 0.526. The number of hydrogen-bond donors (Lipinski definition) is 2. The second-order valence-electron chi connectivity index (χ2n) is 0.432. The monoisotopic (exact) mass is 127 g/mol. The summed E-state index contributed by atoms with van der Waals surface area (Å²) in [5.74, 6) is 0. The van der Waals surface area contributed by atoms with Crippen molar-refractivity contribution in [2.24, 2.45) is 0 Å². The predicted molar refractivity (Wildman–Crippen MR) is 21.5 cm³/mol. The minimum Gasteiger partial charge on any atom is -0.293 e. The third-order valence-electron chi connectivity index (χ3n) is 0.115. The second kappa shape index (κ2) is 3.36. The molecule has 0 radical (unpaired) electrons. The molecule has 1 unspecified atom stereocenters. The van der Waals surface area contributed by atoms with Crippen LogP contribution in [0.25, 0.3) is 0 Å². The molecule has 0 amide bonds. The lowest BCUT2D eigenvalue weighted by molar-refractivity contribution is 0.558. The molecule has 2 N–H and O–H groups in total. The highest BCUT2D eigenvalue weighted by Crippen LogP contribution is 1.78. The zero-order valence-corrected chi connectivity index (χ0v) is 4.33. The van der Waals surface area contributed by atoms with E-state index in [2.05, 4.69) is 0 Å². The molecule has 0 aromatic carbocycles. The second-order valence-corrected chi connectivity index (χ2v) is 1.84. The summed E-state index contributed by atoms with van der Waals surface area (Å²) < 4.78 is 28.0. The Morgan fingerprint density at radius 1 is 1.83 bits per heavy atom. The molecule has 6 heavy (non-hydrogen) atoms. The van der Waals surface area contributed by atoms with Gasteiger partial charge in [0.25, 0.3) is 8.61 Å². The maximum Gasteiger partial charge on any atom is 0.260 e. The van der Waals surface area contributed by atoms with Crippen LogP contribution in [0.1, 0.15) is 0 Å². The smallest absolute Gasteiger partial charge is 0.260 e. The Morgan fingerprint density at radius 2 is 2.33 bits per heavy atom. The lowest BCUT2D eigenvalue weighted by atomic mass is 13.9. The SMILES string of the molecule is O=PNS(=O)O. The highest BCUT2D eigenvalue weighted by Gasteiger charge is 1.81. The molecule has 0 saturated heterocycles. The molecule has 0 aliphatic rings. The Bertz CT molecular complexity index is 71.2. The highest BCUT2D eigenvalue weighted by atomic mass is 32.2. The Morgan fingerprint density at radius 3 is 2.33 bits per heavy atom. The Kier molecular flexibility index (Phi) is 3.46. The normalized spacial score (nSPS) is 14.8. The van der Waals surface area contributed by atoms with Gasteiger partial charge in [-0.15, -0.1) is 4.49 Å². The van der Waals surface area contributed by atoms with Crippen LogP contribution in [-0.4, -0.2) is 8.76 Å². The van der Waals surface area contributed by atoms with E-state index in [9.17, 15) is 8.77 Å². The lowest BCUT2D eigenvalue weighted by Gasteiger charge is -1.75. The van der Waals surface area contributed by atoms with Gasteiger partial charge in [0.15, 0.2) is 0 Å². The van der Waals surface area contributed by atoms with Crippen LogP contribution in [-0.2, 0) is 15.8 Å². The van der Waals surface area contributed by atoms with Crippen LogP contribution in [0.5, 0.6) is 0 Å². The van der Waals surface area contributed by atoms with Crippen molar-refractivity contribution in [3.05, 3.63) is 0 Å². The fourth-order valence-electron chi connectivity index (χ4n) is 0.0319. The van der Waals surface area contributed by atoms with Crippen molar-refractivity contribution in [3.63, 3.8) is 0 Å². The van der Waals surface area contributed by atoms with E-state index in [0.29, 0.717) is 0 Å². The van der Waals surface area contributed by atoms with E-state index in [-0.39, 0.29) is 0 Å². The molecule has 0 aliphatic carbocycles. The summed E-state index contributed by atoms with van der Waals surface area (Å²) in [7, 11) is -0.526.